The molecule has 0 aliphatic rings. The summed E-state index contributed by atoms with van der Waals surface area (Å²) in [5.41, 5.74) is 8.04. The van der Waals surface area contributed by atoms with Crippen molar-refractivity contribution in [1.82, 2.24) is 19.9 Å². The summed E-state index contributed by atoms with van der Waals surface area (Å²) in [7, 11) is 0. The number of nitrogen functional groups attached to an aromatic ring is 1. The summed E-state index contributed by atoms with van der Waals surface area (Å²) >= 11 is 0. The number of Topliss-reactive ketones (excluding diaryl/α,β-unsaturated/α-hetero) is 1. The van der Waals surface area contributed by atoms with Gasteiger partial charge >= 0.3 is 0 Å². The molecule has 0 saturated carbocycles. The molecule has 3 heterocycles. The van der Waals surface area contributed by atoms with Crippen molar-refractivity contribution in [2.24, 2.45) is 0 Å². The molecule has 0 saturated heterocycles. The van der Waals surface area contributed by atoms with E-state index in [0.29, 0.717) is 28.1 Å². The average Bonchev–Trinajstić information content (AvgIpc) is 3.22. The van der Waals surface area contributed by atoms with Crippen LogP contribution in [0.1, 0.15) is 28.3 Å². The van der Waals surface area contributed by atoms with Crippen LogP contribution in [0, 0.1) is 12.7 Å². The third kappa shape index (κ3) is 3.32. The summed E-state index contributed by atoms with van der Waals surface area (Å²) in [6, 6.07) is 8.22. The Hall–Kier alpha value is -3.68. The number of nitrogens with zero attached hydrogens (tertiary/aromatic N) is 4. The maximum atomic E-state index is 13.9. The van der Waals surface area contributed by atoms with Crippen LogP contribution in [0.25, 0.3) is 22.4 Å². The van der Waals surface area contributed by atoms with Crippen LogP contribution < -0.4 is 5.73 Å². The molecule has 28 heavy (non-hydrogen) atoms. The number of fused-ring (bicyclic) bond motifs is 1. The van der Waals surface area contributed by atoms with Crippen LogP contribution in [0.3, 0.4) is 0 Å². The number of carbonyl (C=O) groups is 1. The predicted octanol–water partition coefficient (Wildman–Crippen LogP) is 3.53. The molecule has 8 heteroatoms. The topological polar surface area (TPSA) is 108 Å². The van der Waals surface area contributed by atoms with Crippen LogP contribution >= 0.6 is 0 Å². The SMILES string of the molecule is Cc1ccc(F)c(CCC(=O)c2nc(N)nc3c(-c4ncco4)cccc23)n1. The fourth-order valence-corrected chi connectivity index (χ4v) is 3.03. The van der Waals surface area contributed by atoms with E-state index in [0.717, 1.165) is 0 Å². The van der Waals surface area contributed by atoms with E-state index in [2.05, 4.69) is 19.9 Å². The molecule has 0 amide bonds. The van der Waals surface area contributed by atoms with E-state index < -0.39 is 5.82 Å². The Morgan fingerprint density at radius 3 is 2.82 bits per heavy atom. The average molecular weight is 377 g/mol. The molecular formula is C20H16FN5O2. The number of anilines is 1. The van der Waals surface area contributed by atoms with Gasteiger partial charge in [0.05, 0.1) is 23.0 Å². The molecule has 0 radical (unpaired) electrons. The molecule has 0 spiro atoms. The van der Waals surface area contributed by atoms with E-state index in [9.17, 15) is 9.18 Å². The minimum atomic E-state index is -0.434. The Bertz CT molecular complexity index is 1170. The molecule has 140 valence electrons. The molecule has 0 aliphatic heterocycles. The van der Waals surface area contributed by atoms with Gasteiger partial charge in [-0.15, -0.1) is 0 Å². The van der Waals surface area contributed by atoms with Crippen molar-refractivity contribution in [1.29, 1.82) is 0 Å². The minimum Gasteiger partial charge on any atom is -0.444 e. The number of benzene rings is 1. The number of hydrogen-bond acceptors (Lipinski definition) is 7. The van der Waals surface area contributed by atoms with Crippen LogP contribution in [-0.2, 0) is 6.42 Å². The van der Waals surface area contributed by atoms with Crippen LogP contribution in [0.2, 0.25) is 0 Å². The first kappa shape index (κ1) is 17.7. The van der Waals surface area contributed by atoms with Gasteiger partial charge in [-0.05, 0) is 31.5 Å². The fourth-order valence-electron chi connectivity index (χ4n) is 3.03. The molecule has 7 nitrogen and oxygen atoms in total. The number of aromatic nitrogens is 4. The Kier molecular flexibility index (Phi) is 4.52. The first-order valence-electron chi connectivity index (χ1n) is 8.64. The van der Waals surface area contributed by atoms with Crippen LogP contribution in [0.5, 0.6) is 0 Å². The number of para-hydroxylation sites is 1. The molecule has 4 aromatic rings. The number of carbonyl (C=O) groups excluding carboxylic acids is 1. The van der Waals surface area contributed by atoms with Gasteiger partial charge in [-0.3, -0.25) is 9.78 Å². The number of nitrogens with two attached hydrogens (primary N) is 1. The van der Waals surface area contributed by atoms with E-state index in [1.807, 2.05) is 0 Å². The maximum Gasteiger partial charge on any atom is 0.228 e. The number of pyridine rings is 1. The number of hydrogen-bond donors (Lipinski definition) is 1. The van der Waals surface area contributed by atoms with Gasteiger partial charge < -0.3 is 10.2 Å². The van der Waals surface area contributed by atoms with Gasteiger partial charge in [-0.1, -0.05) is 12.1 Å². The second kappa shape index (κ2) is 7.15. The Labute approximate surface area is 159 Å². The highest BCUT2D eigenvalue weighted by Crippen LogP contribution is 2.28. The predicted molar refractivity (Wildman–Crippen MR) is 101 cm³/mol. The second-order valence-electron chi connectivity index (χ2n) is 6.27. The zero-order chi connectivity index (χ0) is 19.7. The number of ketones is 1. The second-order valence-corrected chi connectivity index (χ2v) is 6.27. The summed E-state index contributed by atoms with van der Waals surface area (Å²) in [6.45, 7) is 1.77. The lowest BCUT2D eigenvalue weighted by atomic mass is 10.0. The van der Waals surface area contributed by atoms with Gasteiger partial charge in [0.2, 0.25) is 11.8 Å². The van der Waals surface area contributed by atoms with Crippen molar-refractivity contribution in [3.8, 4) is 11.5 Å². The highest BCUT2D eigenvalue weighted by molar-refractivity contribution is 6.08. The molecule has 4 rings (SSSR count). The molecule has 2 N–H and O–H groups in total. The fraction of sp³-hybridized carbons (Fsp3) is 0.150. The lowest BCUT2D eigenvalue weighted by Crippen LogP contribution is -2.10. The molecule has 0 unspecified atom stereocenters. The first-order chi connectivity index (χ1) is 13.5. The van der Waals surface area contributed by atoms with Gasteiger partial charge in [0.15, 0.2) is 5.78 Å². The third-order valence-electron chi connectivity index (χ3n) is 4.32. The van der Waals surface area contributed by atoms with Crippen LogP contribution in [0.15, 0.2) is 47.2 Å². The maximum absolute atomic E-state index is 13.9. The highest BCUT2D eigenvalue weighted by atomic mass is 19.1. The molecule has 0 aliphatic carbocycles. The Morgan fingerprint density at radius 2 is 2.04 bits per heavy atom. The van der Waals surface area contributed by atoms with Crippen molar-refractivity contribution in [3.63, 3.8) is 0 Å². The van der Waals surface area contributed by atoms with E-state index in [-0.39, 0.29) is 36.0 Å². The molecule has 0 fully saturated rings. The van der Waals surface area contributed by atoms with Crippen LogP contribution in [-0.4, -0.2) is 25.7 Å². The normalized spacial score (nSPS) is 11.1. The van der Waals surface area contributed by atoms with E-state index in [1.165, 1.54) is 18.5 Å². The first-order valence-corrected chi connectivity index (χ1v) is 8.64. The van der Waals surface area contributed by atoms with E-state index in [4.69, 9.17) is 10.2 Å². The summed E-state index contributed by atoms with van der Waals surface area (Å²) in [5.74, 6) is -0.370. The summed E-state index contributed by atoms with van der Waals surface area (Å²) in [4.78, 5) is 29.5. The summed E-state index contributed by atoms with van der Waals surface area (Å²) in [5, 5.41) is 0.535. The summed E-state index contributed by atoms with van der Waals surface area (Å²) in [6.07, 6.45) is 3.18. The van der Waals surface area contributed by atoms with Gasteiger partial charge in [-0.2, -0.15) is 0 Å². The van der Waals surface area contributed by atoms with Crippen molar-refractivity contribution >= 4 is 22.6 Å². The lowest BCUT2D eigenvalue weighted by Gasteiger charge is -2.09. The molecular weight excluding hydrogens is 361 g/mol. The van der Waals surface area contributed by atoms with Gasteiger partial charge in [0, 0.05) is 17.5 Å². The monoisotopic (exact) mass is 377 g/mol. The zero-order valence-corrected chi connectivity index (χ0v) is 15.0. The van der Waals surface area contributed by atoms with Crippen LogP contribution in [0.4, 0.5) is 10.3 Å². The smallest absolute Gasteiger partial charge is 0.228 e. The lowest BCUT2D eigenvalue weighted by molar-refractivity contribution is 0.0979. The van der Waals surface area contributed by atoms with E-state index in [1.54, 1.807) is 31.2 Å². The summed E-state index contributed by atoms with van der Waals surface area (Å²) < 4.78 is 19.3. The number of halogens is 1. The van der Waals surface area contributed by atoms with Crippen molar-refractivity contribution in [2.75, 3.05) is 5.73 Å². The number of rotatable bonds is 5. The van der Waals surface area contributed by atoms with Gasteiger partial charge in [-0.25, -0.2) is 19.3 Å². The quantitative estimate of drug-likeness (QED) is 0.530. The minimum absolute atomic E-state index is 0.0327. The Balaban J connectivity index is 1.71. The highest BCUT2D eigenvalue weighted by Gasteiger charge is 2.19. The molecule has 3 aromatic heterocycles. The molecule has 0 atom stereocenters. The Morgan fingerprint density at radius 1 is 1.18 bits per heavy atom. The molecule has 1 aromatic carbocycles. The molecule has 0 bridgehead atoms. The van der Waals surface area contributed by atoms with E-state index >= 15 is 0 Å². The van der Waals surface area contributed by atoms with Crippen molar-refractivity contribution < 1.29 is 13.6 Å². The number of oxazole rings is 1. The largest absolute Gasteiger partial charge is 0.444 e. The number of aryl methyl sites for hydroxylation is 2. The van der Waals surface area contributed by atoms with Gasteiger partial charge in [0.1, 0.15) is 17.8 Å². The third-order valence-corrected chi connectivity index (χ3v) is 4.32. The zero-order valence-electron chi connectivity index (χ0n) is 15.0. The van der Waals surface area contributed by atoms with Gasteiger partial charge in [0.25, 0.3) is 0 Å². The van der Waals surface area contributed by atoms with Crippen molar-refractivity contribution in [2.45, 2.75) is 19.8 Å². The standard InChI is InChI=1S/C20H16FN5O2/c1-11-5-6-14(21)15(24-11)7-8-16(27)18-12-3-2-4-13(19-23-9-10-28-19)17(12)25-20(22)26-18/h2-6,9-10H,7-8H2,1H3,(H2,22,25,26). The van der Waals surface area contributed by atoms with Crippen molar-refractivity contribution in [3.05, 3.63) is 65.7 Å².